The molecule has 0 aromatic heterocycles. The molecule has 0 unspecified atom stereocenters. The third kappa shape index (κ3) is 2.41. The van der Waals surface area contributed by atoms with E-state index in [1.165, 1.54) is 18.7 Å². The number of carbonyl (C=O) groups is 1. The number of ether oxygens (including phenoxy) is 3. The average Bonchev–Trinajstić information content (AvgIpc) is 2.59. The van der Waals surface area contributed by atoms with Crippen molar-refractivity contribution in [3.05, 3.63) is 0 Å². The third-order valence-electron chi connectivity index (χ3n) is 2.58. The van der Waals surface area contributed by atoms with E-state index in [0.717, 1.165) is 0 Å². The van der Waals surface area contributed by atoms with Crippen molar-refractivity contribution >= 4 is 16.9 Å². The minimum Gasteiger partial charge on any atom is -0.366 e. The molecule has 92 valence electrons. The highest BCUT2D eigenvalue weighted by molar-refractivity contribution is 8.13. The number of aliphatic hydroxyl groups is 1. The van der Waals surface area contributed by atoms with E-state index in [1.54, 1.807) is 13.8 Å². The standard InChI is InChI=1S/C10H16O5S/c1-5(11)16-4-6-7-8(9(12)13-6)15-10(2,3)14-7/h6-9,12H,4H2,1-3H3/t6-,7-,8-,9+/m1/s1. The van der Waals surface area contributed by atoms with Crippen LogP contribution >= 0.6 is 11.8 Å². The number of hydrogen-bond donors (Lipinski definition) is 1. The first-order chi connectivity index (χ1) is 7.39. The molecule has 16 heavy (non-hydrogen) atoms. The third-order valence-corrected chi connectivity index (χ3v) is 3.48. The first-order valence-electron chi connectivity index (χ1n) is 5.21. The normalized spacial score (nSPS) is 41.0. The minimum atomic E-state index is -0.968. The van der Waals surface area contributed by atoms with Crippen molar-refractivity contribution in [1.82, 2.24) is 0 Å². The highest BCUT2D eigenvalue weighted by Gasteiger charge is 2.54. The van der Waals surface area contributed by atoms with Crippen molar-refractivity contribution in [2.75, 3.05) is 5.75 Å². The summed E-state index contributed by atoms with van der Waals surface area (Å²) in [5, 5.41) is 9.67. The van der Waals surface area contributed by atoms with Gasteiger partial charge in [-0.2, -0.15) is 0 Å². The van der Waals surface area contributed by atoms with Gasteiger partial charge < -0.3 is 19.3 Å². The van der Waals surface area contributed by atoms with E-state index >= 15 is 0 Å². The van der Waals surface area contributed by atoms with E-state index in [0.29, 0.717) is 5.75 Å². The number of carbonyl (C=O) groups excluding carboxylic acids is 1. The number of thioether (sulfide) groups is 1. The maximum Gasteiger partial charge on any atom is 0.185 e. The molecule has 0 aromatic rings. The molecule has 2 aliphatic rings. The van der Waals surface area contributed by atoms with Crippen molar-refractivity contribution in [3.8, 4) is 0 Å². The van der Waals surface area contributed by atoms with Crippen LogP contribution in [-0.2, 0) is 19.0 Å². The molecule has 4 atom stereocenters. The molecule has 5 nitrogen and oxygen atoms in total. The summed E-state index contributed by atoms with van der Waals surface area (Å²) in [6.07, 6.45) is -2.01. The van der Waals surface area contributed by atoms with Gasteiger partial charge in [0.2, 0.25) is 0 Å². The molecule has 0 radical (unpaired) electrons. The Morgan fingerprint density at radius 2 is 2.00 bits per heavy atom. The molecule has 2 saturated heterocycles. The molecule has 0 amide bonds. The fourth-order valence-corrected chi connectivity index (χ4v) is 2.66. The summed E-state index contributed by atoms with van der Waals surface area (Å²) in [6.45, 7) is 5.10. The highest BCUT2D eigenvalue weighted by atomic mass is 32.2. The van der Waals surface area contributed by atoms with Crippen LogP contribution in [-0.4, -0.2) is 46.4 Å². The van der Waals surface area contributed by atoms with Crippen LogP contribution in [0, 0.1) is 0 Å². The van der Waals surface area contributed by atoms with Crippen LogP contribution in [0.5, 0.6) is 0 Å². The minimum absolute atomic E-state index is 0.0275. The van der Waals surface area contributed by atoms with Crippen molar-refractivity contribution in [2.45, 2.75) is 51.2 Å². The SMILES string of the molecule is CC(=O)SC[C@H]1O[C@H](O)[C@@H]2OC(C)(C)O[C@@H]21. The topological polar surface area (TPSA) is 65.0 Å². The lowest BCUT2D eigenvalue weighted by atomic mass is 10.2. The second kappa shape index (κ2) is 4.27. The van der Waals surface area contributed by atoms with Crippen LogP contribution in [0.2, 0.25) is 0 Å². The van der Waals surface area contributed by atoms with Gasteiger partial charge >= 0.3 is 0 Å². The molecule has 0 aliphatic carbocycles. The molecule has 2 fully saturated rings. The van der Waals surface area contributed by atoms with E-state index in [1.807, 2.05) is 0 Å². The Morgan fingerprint density at radius 1 is 1.38 bits per heavy atom. The zero-order valence-corrected chi connectivity index (χ0v) is 10.3. The van der Waals surface area contributed by atoms with Crippen molar-refractivity contribution < 1.29 is 24.1 Å². The van der Waals surface area contributed by atoms with Gasteiger partial charge in [-0.15, -0.1) is 0 Å². The van der Waals surface area contributed by atoms with Gasteiger partial charge in [0.1, 0.15) is 12.2 Å². The summed E-state index contributed by atoms with van der Waals surface area (Å²) in [7, 11) is 0. The Kier molecular flexibility index (Phi) is 3.29. The van der Waals surface area contributed by atoms with Crippen LogP contribution in [0.1, 0.15) is 20.8 Å². The summed E-state index contributed by atoms with van der Waals surface area (Å²) in [6, 6.07) is 0. The summed E-state index contributed by atoms with van der Waals surface area (Å²) in [5.74, 6) is -0.216. The lowest BCUT2D eigenvalue weighted by molar-refractivity contribution is -0.217. The lowest BCUT2D eigenvalue weighted by Gasteiger charge is -2.22. The maximum atomic E-state index is 10.9. The zero-order valence-electron chi connectivity index (χ0n) is 9.50. The molecule has 1 N–H and O–H groups in total. The number of hydrogen-bond acceptors (Lipinski definition) is 6. The monoisotopic (exact) mass is 248 g/mol. The van der Waals surface area contributed by atoms with E-state index < -0.39 is 18.2 Å². The molecule has 0 saturated carbocycles. The maximum absolute atomic E-state index is 10.9. The van der Waals surface area contributed by atoms with E-state index in [9.17, 15) is 9.90 Å². The van der Waals surface area contributed by atoms with Gasteiger partial charge in [0.25, 0.3) is 0 Å². The molecule has 6 heteroatoms. The predicted octanol–water partition coefficient (Wildman–Crippen LogP) is 0.503. The quantitative estimate of drug-likeness (QED) is 0.768. The van der Waals surface area contributed by atoms with Gasteiger partial charge in [-0.05, 0) is 13.8 Å². The summed E-state index contributed by atoms with van der Waals surface area (Å²) in [5.41, 5.74) is 0. The molecule has 0 aromatic carbocycles. The predicted molar refractivity (Wildman–Crippen MR) is 57.8 cm³/mol. The Morgan fingerprint density at radius 3 is 2.62 bits per heavy atom. The van der Waals surface area contributed by atoms with Gasteiger partial charge in [0.05, 0.1) is 6.10 Å². The van der Waals surface area contributed by atoms with Crippen molar-refractivity contribution in [3.63, 3.8) is 0 Å². The van der Waals surface area contributed by atoms with Crippen molar-refractivity contribution in [2.24, 2.45) is 0 Å². The van der Waals surface area contributed by atoms with Crippen LogP contribution in [0.25, 0.3) is 0 Å². The second-order valence-corrected chi connectivity index (χ2v) is 5.63. The zero-order chi connectivity index (χ0) is 11.9. The van der Waals surface area contributed by atoms with Gasteiger partial charge in [-0.25, -0.2) is 0 Å². The fraction of sp³-hybridized carbons (Fsp3) is 0.900. The van der Waals surface area contributed by atoms with E-state index in [-0.39, 0.29) is 17.3 Å². The second-order valence-electron chi connectivity index (χ2n) is 4.43. The van der Waals surface area contributed by atoms with Gasteiger partial charge in [0, 0.05) is 12.7 Å². The first-order valence-corrected chi connectivity index (χ1v) is 6.20. The van der Waals surface area contributed by atoms with Gasteiger partial charge in [0.15, 0.2) is 17.2 Å². The summed E-state index contributed by atoms with van der Waals surface area (Å²) >= 11 is 1.17. The van der Waals surface area contributed by atoms with E-state index in [2.05, 4.69) is 0 Å². The van der Waals surface area contributed by atoms with Crippen LogP contribution in [0.3, 0.4) is 0 Å². The number of aliphatic hydroxyl groups excluding tert-OH is 1. The summed E-state index contributed by atoms with van der Waals surface area (Å²) in [4.78, 5) is 10.9. The largest absolute Gasteiger partial charge is 0.366 e. The van der Waals surface area contributed by atoms with Gasteiger partial charge in [-0.1, -0.05) is 11.8 Å². The Labute approximate surface area is 98.4 Å². The first kappa shape index (κ1) is 12.3. The smallest absolute Gasteiger partial charge is 0.185 e. The van der Waals surface area contributed by atoms with Gasteiger partial charge in [-0.3, -0.25) is 4.79 Å². The van der Waals surface area contributed by atoms with Crippen molar-refractivity contribution in [1.29, 1.82) is 0 Å². The molecular weight excluding hydrogens is 232 g/mol. The molecule has 2 aliphatic heterocycles. The number of rotatable bonds is 2. The molecule has 2 heterocycles. The fourth-order valence-electron chi connectivity index (χ4n) is 1.99. The molecular formula is C10H16O5S. The summed E-state index contributed by atoms with van der Waals surface area (Å²) < 4.78 is 16.5. The molecule has 0 bridgehead atoms. The Balaban J connectivity index is 1.99. The Bertz CT molecular complexity index is 293. The molecule has 2 rings (SSSR count). The highest BCUT2D eigenvalue weighted by Crippen LogP contribution is 2.38. The van der Waals surface area contributed by atoms with E-state index in [4.69, 9.17) is 14.2 Å². The number of fused-ring (bicyclic) bond motifs is 1. The van der Waals surface area contributed by atoms with Crippen LogP contribution in [0.15, 0.2) is 0 Å². The van der Waals surface area contributed by atoms with Crippen LogP contribution in [0.4, 0.5) is 0 Å². The molecule has 0 spiro atoms. The van der Waals surface area contributed by atoms with Crippen LogP contribution < -0.4 is 0 Å². The lowest BCUT2D eigenvalue weighted by Crippen LogP contribution is -2.31. The Hall–Kier alpha value is -0.140. The average molecular weight is 248 g/mol.